The minimum Gasteiger partial charge on any atom is -0.497 e. The number of hydrogen-bond donors (Lipinski definition) is 0. The summed E-state index contributed by atoms with van der Waals surface area (Å²) < 4.78 is 6.12. The molecular weight excluding hydrogens is 312 g/mol. The van der Waals surface area contributed by atoms with E-state index in [4.69, 9.17) is 4.74 Å². The number of methoxy groups -OCH3 is 1. The lowest BCUT2D eigenvalue weighted by molar-refractivity contribution is -0.110. The van der Waals surface area contributed by atoms with Gasteiger partial charge in [-0.3, -0.25) is 4.79 Å². The highest BCUT2D eigenvalue weighted by molar-refractivity contribution is 8.21. The average molecular weight is 332 g/mol. The first-order valence-corrected chi connectivity index (χ1v) is 9.13. The predicted octanol–water partition coefficient (Wildman–Crippen LogP) is 4.96. The smallest absolute Gasteiger partial charge is 0.180 e. The number of hydrogen-bond acceptors (Lipinski definition) is 4. The van der Waals surface area contributed by atoms with Gasteiger partial charge in [0.2, 0.25) is 0 Å². The lowest BCUT2D eigenvalue weighted by Crippen LogP contribution is -1.85. The summed E-state index contributed by atoms with van der Waals surface area (Å²) >= 11 is 3.15. The van der Waals surface area contributed by atoms with Crippen molar-refractivity contribution in [1.29, 1.82) is 0 Å². The van der Waals surface area contributed by atoms with E-state index in [1.807, 2.05) is 61.1 Å². The van der Waals surface area contributed by atoms with Crippen LogP contribution in [0.25, 0.3) is 6.08 Å². The van der Waals surface area contributed by atoms with Crippen molar-refractivity contribution in [2.24, 2.45) is 0 Å². The Balaban J connectivity index is 2.48. The van der Waals surface area contributed by atoms with Crippen molar-refractivity contribution in [2.75, 3.05) is 19.6 Å². The molecule has 0 fully saturated rings. The highest BCUT2D eigenvalue weighted by Crippen LogP contribution is 2.22. The maximum atomic E-state index is 11.6. The van der Waals surface area contributed by atoms with Crippen LogP contribution >= 0.6 is 23.5 Å². The van der Waals surface area contributed by atoms with E-state index >= 15 is 0 Å². The lowest BCUT2D eigenvalue weighted by atomic mass is 10.2. The second kappa shape index (κ2) is 11.0. The summed E-state index contributed by atoms with van der Waals surface area (Å²) in [5.74, 6) is 0.847. The maximum Gasteiger partial charge on any atom is 0.180 e. The van der Waals surface area contributed by atoms with Gasteiger partial charge in [0.05, 0.1) is 7.11 Å². The van der Waals surface area contributed by atoms with E-state index in [-0.39, 0.29) is 5.78 Å². The van der Waals surface area contributed by atoms with Crippen LogP contribution in [0.4, 0.5) is 0 Å². The Kier molecular flexibility index (Phi) is 9.19. The van der Waals surface area contributed by atoms with Crippen molar-refractivity contribution in [1.82, 2.24) is 0 Å². The van der Waals surface area contributed by atoms with Gasteiger partial charge >= 0.3 is 0 Å². The molecule has 1 rings (SSSR count). The van der Waals surface area contributed by atoms with E-state index < -0.39 is 0 Å². The Morgan fingerprint density at radius 1 is 1.00 bits per heavy atom. The van der Waals surface area contributed by atoms with Crippen molar-refractivity contribution >= 4 is 35.4 Å². The Morgan fingerprint density at radius 3 is 2.23 bits per heavy atom. The molecule has 0 aliphatic heterocycles. The predicted molar refractivity (Wildman–Crippen MR) is 100 cm³/mol. The summed E-state index contributed by atoms with van der Waals surface area (Å²) in [5.41, 5.74) is 1.10. The molecule has 0 unspecified atom stereocenters. The standard InChI is InChI=1S/C18H20O2S2/c1-20-17-12-10-15(11-13-17)8-6-4-5-7-9-16(19)14-18(21-2)22-3/h4-14H,1-3H3/b5-4+,8-6+,9-7+. The SMILES string of the molecule is COc1ccc(/C=C/C=C/C=C/C(=O)C=C(SC)SC)cc1. The van der Waals surface area contributed by atoms with E-state index in [0.717, 1.165) is 15.6 Å². The average Bonchev–Trinajstić information content (AvgIpc) is 2.56. The molecule has 0 amide bonds. The highest BCUT2D eigenvalue weighted by Gasteiger charge is 1.95. The lowest BCUT2D eigenvalue weighted by Gasteiger charge is -1.98. The molecule has 1 aromatic rings. The fourth-order valence-corrected chi connectivity index (χ4v) is 2.66. The van der Waals surface area contributed by atoms with Gasteiger partial charge < -0.3 is 4.74 Å². The first kappa shape index (κ1) is 18.4. The van der Waals surface area contributed by atoms with E-state index in [9.17, 15) is 4.79 Å². The molecule has 4 heteroatoms. The summed E-state index contributed by atoms with van der Waals surface area (Å²) in [6, 6.07) is 7.81. The van der Waals surface area contributed by atoms with Crippen LogP contribution in [0, 0.1) is 0 Å². The van der Waals surface area contributed by atoms with Crippen LogP contribution in [0.3, 0.4) is 0 Å². The highest BCUT2D eigenvalue weighted by atomic mass is 32.2. The van der Waals surface area contributed by atoms with Crippen LogP contribution in [-0.2, 0) is 4.79 Å². The minimum absolute atomic E-state index is 0.00230. The number of ether oxygens (including phenoxy) is 1. The zero-order valence-electron chi connectivity index (χ0n) is 13.0. The number of benzene rings is 1. The molecule has 0 aliphatic rings. The van der Waals surface area contributed by atoms with Crippen LogP contribution in [-0.4, -0.2) is 25.4 Å². The molecule has 0 aliphatic carbocycles. The van der Waals surface area contributed by atoms with Gasteiger partial charge in [0, 0.05) is 10.3 Å². The molecule has 1 aromatic carbocycles. The number of carbonyl (C=O) groups is 1. The zero-order valence-corrected chi connectivity index (χ0v) is 14.6. The molecule has 0 saturated carbocycles. The second-order valence-electron chi connectivity index (χ2n) is 4.15. The Morgan fingerprint density at radius 2 is 1.64 bits per heavy atom. The van der Waals surface area contributed by atoms with Crippen molar-refractivity contribution < 1.29 is 9.53 Å². The molecule has 0 aromatic heterocycles. The van der Waals surface area contributed by atoms with Gasteiger partial charge in [-0.1, -0.05) is 42.5 Å². The summed E-state index contributed by atoms with van der Waals surface area (Å²) in [6.07, 6.45) is 16.5. The van der Waals surface area contributed by atoms with Gasteiger partial charge in [-0.2, -0.15) is 0 Å². The molecular formula is C18H20O2S2. The number of thioether (sulfide) groups is 2. The van der Waals surface area contributed by atoms with E-state index in [1.165, 1.54) is 0 Å². The van der Waals surface area contributed by atoms with Crippen molar-refractivity contribution in [3.05, 3.63) is 70.5 Å². The molecule has 0 saturated heterocycles. The third kappa shape index (κ3) is 7.38. The minimum atomic E-state index is 0.00230. The zero-order chi connectivity index (χ0) is 16.2. The van der Waals surface area contributed by atoms with Gasteiger partial charge in [-0.05, 0) is 36.3 Å². The summed E-state index contributed by atoms with van der Waals surface area (Å²) in [4.78, 5) is 11.6. The fourth-order valence-electron chi connectivity index (χ4n) is 1.53. The van der Waals surface area contributed by atoms with E-state index in [0.29, 0.717) is 0 Å². The van der Waals surface area contributed by atoms with Crippen LogP contribution in [0.1, 0.15) is 5.56 Å². The third-order valence-electron chi connectivity index (χ3n) is 2.66. The van der Waals surface area contributed by atoms with Crippen LogP contribution in [0.2, 0.25) is 0 Å². The third-order valence-corrected chi connectivity index (χ3v) is 4.70. The summed E-state index contributed by atoms with van der Waals surface area (Å²) in [5, 5.41) is 0. The molecule has 0 radical (unpaired) electrons. The van der Waals surface area contributed by atoms with Gasteiger partial charge in [0.25, 0.3) is 0 Å². The van der Waals surface area contributed by atoms with Gasteiger partial charge in [0.1, 0.15) is 5.75 Å². The monoisotopic (exact) mass is 332 g/mol. The summed E-state index contributed by atoms with van der Waals surface area (Å²) in [7, 11) is 1.65. The number of allylic oxidation sites excluding steroid dienone is 6. The summed E-state index contributed by atoms with van der Waals surface area (Å²) in [6.45, 7) is 0. The first-order chi connectivity index (χ1) is 10.7. The van der Waals surface area contributed by atoms with Crippen molar-refractivity contribution in [2.45, 2.75) is 0 Å². The molecule has 2 nitrogen and oxygen atoms in total. The Bertz CT molecular complexity index is 576. The Labute approximate surface area is 141 Å². The number of ketones is 1. The number of rotatable bonds is 8. The maximum absolute atomic E-state index is 11.6. The molecule has 22 heavy (non-hydrogen) atoms. The Hall–Kier alpha value is -1.65. The van der Waals surface area contributed by atoms with Crippen LogP contribution in [0.5, 0.6) is 5.75 Å². The quantitative estimate of drug-likeness (QED) is 0.496. The van der Waals surface area contributed by atoms with Gasteiger partial charge in [-0.15, -0.1) is 23.5 Å². The van der Waals surface area contributed by atoms with Gasteiger partial charge in [0.15, 0.2) is 5.78 Å². The van der Waals surface area contributed by atoms with Crippen molar-refractivity contribution in [3.8, 4) is 5.75 Å². The fraction of sp³-hybridized carbons (Fsp3) is 0.167. The normalized spacial score (nSPS) is 11.4. The van der Waals surface area contributed by atoms with Gasteiger partial charge in [-0.25, -0.2) is 0 Å². The molecule has 0 heterocycles. The molecule has 0 bridgehead atoms. The van der Waals surface area contributed by atoms with E-state index in [2.05, 4.69) is 0 Å². The molecule has 116 valence electrons. The van der Waals surface area contributed by atoms with E-state index in [1.54, 1.807) is 48.9 Å². The molecule has 0 N–H and O–H groups in total. The first-order valence-electron chi connectivity index (χ1n) is 6.68. The van der Waals surface area contributed by atoms with Crippen LogP contribution < -0.4 is 4.74 Å². The molecule has 0 atom stereocenters. The van der Waals surface area contributed by atoms with Crippen LogP contribution in [0.15, 0.2) is 65.0 Å². The van der Waals surface area contributed by atoms with Crippen molar-refractivity contribution in [3.63, 3.8) is 0 Å². The topological polar surface area (TPSA) is 26.3 Å². The second-order valence-corrected chi connectivity index (χ2v) is 6.10. The largest absolute Gasteiger partial charge is 0.497 e. The molecule has 0 spiro atoms. The number of carbonyl (C=O) groups excluding carboxylic acids is 1.